The van der Waals surface area contributed by atoms with Crippen LogP contribution >= 0.6 is 0 Å². The Morgan fingerprint density at radius 3 is 2.62 bits per heavy atom. The van der Waals surface area contributed by atoms with Crippen molar-refractivity contribution in [3.63, 3.8) is 0 Å². The van der Waals surface area contributed by atoms with E-state index < -0.39 is 0 Å². The van der Waals surface area contributed by atoms with Gasteiger partial charge in [0, 0.05) is 51.0 Å². The topological polar surface area (TPSA) is 68.6 Å². The molecule has 7 nitrogen and oxygen atoms in total. The molecule has 2 saturated heterocycles. The van der Waals surface area contributed by atoms with Crippen LogP contribution in [0.3, 0.4) is 0 Å². The van der Waals surface area contributed by atoms with E-state index >= 15 is 0 Å². The zero-order valence-electron chi connectivity index (χ0n) is 18.3. The molecule has 0 spiro atoms. The molecule has 168 valence electrons. The number of ether oxygens (including phenoxy) is 2. The van der Waals surface area contributed by atoms with Crippen LogP contribution in [-0.2, 0) is 22.6 Å². The van der Waals surface area contributed by atoms with E-state index in [-0.39, 0.29) is 17.9 Å². The van der Waals surface area contributed by atoms with E-state index in [2.05, 4.69) is 57.7 Å². The van der Waals surface area contributed by atoms with Crippen LogP contribution in [0.1, 0.15) is 24.8 Å². The van der Waals surface area contributed by atoms with Crippen molar-refractivity contribution in [1.82, 2.24) is 14.5 Å². The molecule has 1 N–H and O–H groups in total. The number of likely N-dealkylation sites (tertiary alicyclic amines) is 1. The Bertz CT molecular complexity index is 1100. The van der Waals surface area contributed by atoms with Crippen LogP contribution in [0, 0.1) is 0 Å². The molecular formula is C25H30N4O3. The summed E-state index contributed by atoms with van der Waals surface area (Å²) in [5.74, 6) is 0.439. The van der Waals surface area contributed by atoms with Crippen molar-refractivity contribution >= 4 is 16.6 Å². The molecule has 0 aliphatic carbocycles. The van der Waals surface area contributed by atoms with Gasteiger partial charge in [-0.15, -0.1) is 0 Å². The first-order valence-corrected chi connectivity index (χ1v) is 11.5. The third kappa shape index (κ3) is 5.01. The third-order valence-corrected chi connectivity index (χ3v) is 6.36. The smallest absolute Gasteiger partial charge is 0.293 e. The van der Waals surface area contributed by atoms with Crippen LogP contribution < -0.4 is 10.9 Å². The van der Waals surface area contributed by atoms with Crippen LogP contribution in [0.15, 0.2) is 59.7 Å². The van der Waals surface area contributed by atoms with Crippen LogP contribution in [0.25, 0.3) is 10.8 Å². The molecule has 3 aromatic rings. The predicted octanol–water partition coefficient (Wildman–Crippen LogP) is 3.24. The maximum atomic E-state index is 12.8. The van der Waals surface area contributed by atoms with Gasteiger partial charge in [-0.05, 0) is 35.2 Å². The summed E-state index contributed by atoms with van der Waals surface area (Å²) < 4.78 is 12.6. The summed E-state index contributed by atoms with van der Waals surface area (Å²) in [6.07, 6.45) is 5.86. The number of benzene rings is 2. The molecule has 7 heteroatoms. The highest BCUT2D eigenvalue weighted by Gasteiger charge is 2.21. The van der Waals surface area contributed by atoms with Gasteiger partial charge in [0.15, 0.2) is 12.1 Å². The number of rotatable bonds is 7. The SMILES string of the molecule is O=c1c(NC2CCN(Cc3ccc4ccccc4c3)CC2)nccn1CCC1OCCO1. The number of anilines is 1. The molecule has 1 aromatic heterocycles. The molecule has 0 atom stereocenters. The van der Waals surface area contributed by atoms with Gasteiger partial charge in [-0.3, -0.25) is 9.69 Å². The first-order valence-electron chi connectivity index (χ1n) is 11.5. The van der Waals surface area contributed by atoms with Gasteiger partial charge in [0.2, 0.25) is 0 Å². The number of hydrogen-bond acceptors (Lipinski definition) is 6. The average molecular weight is 435 g/mol. The van der Waals surface area contributed by atoms with Crippen molar-refractivity contribution in [2.24, 2.45) is 0 Å². The fourth-order valence-corrected chi connectivity index (χ4v) is 4.56. The minimum absolute atomic E-state index is 0.0795. The lowest BCUT2D eigenvalue weighted by atomic mass is 10.0. The average Bonchev–Trinajstić information content (AvgIpc) is 3.35. The monoisotopic (exact) mass is 434 g/mol. The van der Waals surface area contributed by atoms with Gasteiger partial charge >= 0.3 is 0 Å². The standard InChI is InChI=1S/C25H30N4O3/c30-25-24(26-10-14-29(25)13-9-23-31-15-16-32-23)27-22-7-11-28(12-8-22)18-19-5-6-20-3-1-2-4-21(20)17-19/h1-6,10,14,17,22-23H,7-9,11-13,15-16,18H2,(H,26,27). The van der Waals surface area contributed by atoms with Crippen LogP contribution in [-0.4, -0.2) is 53.1 Å². The zero-order valence-corrected chi connectivity index (χ0v) is 18.3. The highest BCUT2D eigenvalue weighted by Crippen LogP contribution is 2.20. The molecule has 5 rings (SSSR count). The molecule has 3 heterocycles. The predicted molar refractivity (Wildman–Crippen MR) is 125 cm³/mol. The molecule has 32 heavy (non-hydrogen) atoms. The van der Waals surface area contributed by atoms with E-state index in [0.717, 1.165) is 32.5 Å². The van der Waals surface area contributed by atoms with E-state index in [1.165, 1.54) is 16.3 Å². The third-order valence-electron chi connectivity index (χ3n) is 6.36. The molecule has 2 aromatic carbocycles. The minimum atomic E-state index is -0.210. The van der Waals surface area contributed by atoms with Gasteiger partial charge in [0.25, 0.3) is 5.56 Å². The Balaban J connectivity index is 1.14. The normalized spacial score (nSPS) is 18.4. The van der Waals surface area contributed by atoms with E-state index in [9.17, 15) is 4.79 Å². The summed E-state index contributed by atoms with van der Waals surface area (Å²) in [7, 11) is 0. The van der Waals surface area contributed by atoms with Crippen molar-refractivity contribution < 1.29 is 9.47 Å². The Morgan fingerprint density at radius 1 is 1.03 bits per heavy atom. The second kappa shape index (κ2) is 9.81. The van der Waals surface area contributed by atoms with Crippen molar-refractivity contribution in [2.75, 3.05) is 31.6 Å². The van der Waals surface area contributed by atoms with E-state index in [1.54, 1.807) is 17.0 Å². The zero-order chi connectivity index (χ0) is 21.8. The second-order valence-electron chi connectivity index (χ2n) is 8.61. The van der Waals surface area contributed by atoms with Gasteiger partial charge in [-0.1, -0.05) is 36.4 Å². The van der Waals surface area contributed by atoms with E-state index in [1.807, 2.05) is 0 Å². The van der Waals surface area contributed by atoms with Gasteiger partial charge in [-0.25, -0.2) is 4.98 Å². The van der Waals surface area contributed by atoms with Crippen molar-refractivity contribution in [1.29, 1.82) is 0 Å². The fraction of sp³-hybridized carbons (Fsp3) is 0.440. The van der Waals surface area contributed by atoms with Crippen molar-refractivity contribution in [3.8, 4) is 0 Å². The lowest BCUT2D eigenvalue weighted by molar-refractivity contribution is -0.0492. The molecule has 0 amide bonds. The molecule has 0 radical (unpaired) electrons. The van der Waals surface area contributed by atoms with Gasteiger partial charge in [-0.2, -0.15) is 0 Å². The molecule has 2 fully saturated rings. The summed E-state index contributed by atoms with van der Waals surface area (Å²) in [6.45, 7) is 4.78. The minimum Gasteiger partial charge on any atom is -0.363 e. The Morgan fingerprint density at radius 2 is 1.81 bits per heavy atom. The maximum absolute atomic E-state index is 12.8. The first kappa shape index (κ1) is 21.1. The van der Waals surface area contributed by atoms with Crippen LogP contribution in [0.4, 0.5) is 5.82 Å². The maximum Gasteiger partial charge on any atom is 0.293 e. The molecular weight excluding hydrogens is 404 g/mol. The molecule has 2 aliphatic rings. The van der Waals surface area contributed by atoms with Crippen molar-refractivity contribution in [3.05, 3.63) is 70.8 Å². The van der Waals surface area contributed by atoms with E-state index in [4.69, 9.17) is 9.47 Å². The van der Waals surface area contributed by atoms with Crippen LogP contribution in [0.2, 0.25) is 0 Å². The number of nitrogens with one attached hydrogen (secondary N) is 1. The number of aromatic nitrogens is 2. The number of aryl methyl sites for hydroxylation is 1. The number of piperidine rings is 1. The first-order chi connectivity index (χ1) is 15.7. The van der Waals surface area contributed by atoms with Gasteiger partial charge < -0.3 is 19.4 Å². The van der Waals surface area contributed by atoms with Gasteiger partial charge in [0.05, 0.1) is 13.2 Å². The van der Waals surface area contributed by atoms with Crippen molar-refractivity contribution in [2.45, 2.75) is 44.7 Å². The lowest BCUT2D eigenvalue weighted by Gasteiger charge is -2.32. The molecule has 2 aliphatic heterocycles. The molecule has 0 unspecified atom stereocenters. The Labute approximate surface area is 188 Å². The Hall–Kier alpha value is -2.74. The lowest BCUT2D eigenvalue weighted by Crippen LogP contribution is -2.40. The Kier molecular flexibility index (Phi) is 6.48. The number of nitrogens with zero attached hydrogens (tertiary/aromatic N) is 3. The van der Waals surface area contributed by atoms with Gasteiger partial charge in [0.1, 0.15) is 0 Å². The summed E-state index contributed by atoms with van der Waals surface area (Å²) in [4.78, 5) is 19.6. The summed E-state index contributed by atoms with van der Waals surface area (Å²) in [5, 5.41) is 5.96. The van der Waals surface area contributed by atoms with Crippen LogP contribution in [0.5, 0.6) is 0 Å². The number of hydrogen-bond donors (Lipinski definition) is 1. The fourth-order valence-electron chi connectivity index (χ4n) is 4.56. The second-order valence-corrected chi connectivity index (χ2v) is 8.61. The summed E-state index contributed by atoms with van der Waals surface area (Å²) in [6, 6.07) is 15.5. The largest absolute Gasteiger partial charge is 0.363 e. The summed E-state index contributed by atoms with van der Waals surface area (Å²) in [5.41, 5.74) is 1.27. The highest BCUT2D eigenvalue weighted by atomic mass is 16.7. The number of fused-ring (bicyclic) bond motifs is 1. The highest BCUT2D eigenvalue weighted by molar-refractivity contribution is 5.82. The van der Waals surface area contributed by atoms with E-state index in [0.29, 0.717) is 32.0 Å². The molecule has 0 saturated carbocycles. The summed E-state index contributed by atoms with van der Waals surface area (Å²) >= 11 is 0. The quantitative estimate of drug-likeness (QED) is 0.616. The molecule has 0 bridgehead atoms.